The molecule has 0 aliphatic carbocycles. The highest BCUT2D eigenvalue weighted by Crippen LogP contribution is 2.18. The molecule has 0 aliphatic heterocycles. The number of carbonyl (C=O) groups excluding carboxylic acids is 1. The Morgan fingerprint density at radius 2 is 2.14 bits per heavy atom. The molecular weight excluding hydrogens is 298 g/mol. The summed E-state index contributed by atoms with van der Waals surface area (Å²) in [7, 11) is 0. The van der Waals surface area contributed by atoms with Crippen molar-refractivity contribution in [3.63, 3.8) is 0 Å². The van der Waals surface area contributed by atoms with Crippen LogP contribution in [-0.4, -0.2) is 26.3 Å². The van der Waals surface area contributed by atoms with E-state index in [0.717, 1.165) is 29.5 Å². The maximum atomic E-state index is 12.3. The van der Waals surface area contributed by atoms with Crippen molar-refractivity contribution in [1.29, 1.82) is 0 Å². The van der Waals surface area contributed by atoms with Crippen molar-refractivity contribution in [2.45, 2.75) is 45.3 Å². The molecule has 0 atom stereocenters. The lowest BCUT2D eigenvalue weighted by Gasteiger charge is -2.07. The van der Waals surface area contributed by atoms with Crippen LogP contribution in [0, 0.1) is 13.8 Å². The first-order valence-corrected chi connectivity index (χ1v) is 8.40. The van der Waals surface area contributed by atoms with Gasteiger partial charge in [0, 0.05) is 12.1 Å². The lowest BCUT2D eigenvalue weighted by molar-refractivity contribution is 0.102. The topological polar surface area (TPSA) is 67.8 Å². The molecule has 0 saturated heterocycles. The highest BCUT2D eigenvalue weighted by atomic mass is 32.2. The second-order valence-electron chi connectivity index (χ2n) is 5.35. The summed E-state index contributed by atoms with van der Waals surface area (Å²) in [6.07, 6.45) is 1.92. The van der Waals surface area contributed by atoms with Gasteiger partial charge in [-0.15, -0.1) is 5.10 Å². The van der Waals surface area contributed by atoms with Gasteiger partial charge in [-0.05, 0) is 25.8 Å². The van der Waals surface area contributed by atoms with Crippen LogP contribution in [0.2, 0.25) is 0 Å². The summed E-state index contributed by atoms with van der Waals surface area (Å²) in [5.74, 6) is 0.334. The van der Waals surface area contributed by atoms with Crippen LogP contribution in [-0.2, 0) is 6.54 Å². The number of H-pyrrole nitrogens is 1. The molecule has 0 saturated carbocycles. The summed E-state index contributed by atoms with van der Waals surface area (Å²) < 4.78 is 1.60. The van der Waals surface area contributed by atoms with Crippen LogP contribution in [0.15, 0.2) is 28.2 Å². The fraction of sp³-hybridized carbons (Fsp3) is 0.438. The van der Waals surface area contributed by atoms with E-state index in [1.165, 1.54) is 11.8 Å². The number of benzene rings is 1. The van der Waals surface area contributed by atoms with Gasteiger partial charge in [-0.1, -0.05) is 48.9 Å². The predicted octanol–water partition coefficient (Wildman–Crippen LogP) is 2.96. The first-order chi connectivity index (χ1) is 10.5. The minimum absolute atomic E-state index is 0.0555. The molecule has 1 aromatic carbocycles. The first kappa shape index (κ1) is 16.5. The number of carbonyl (C=O) groups is 1. The van der Waals surface area contributed by atoms with Crippen LogP contribution in [0.1, 0.15) is 41.3 Å². The van der Waals surface area contributed by atoms with Crippen molar-refractivity contribution in [1.82, 2.24) is 14.8 Å². The fourth-order valence-corrected chi connectivity index (χ4v) is 3.12. The molecule has 0 fully saturated rings. The summed E-state index contributed by atoms with van der Waals surface area (Å²) in [5, 5.41) is 7.04. The normalized spacial score (nSPS) is 10.9. The Hall–Kier alpha value is -1.82. The standard InChI is InChI=1S/C16H21N3O2S/c1-4-5-8-19-15(21)17-18-16(19)22-10-14(20)13-7-6-11(2)9-12(13)3/h6-7,9H,4-5,8,10H2,1-3H3,(H,17,21). The smallest absolute Gasteiger partial charge is 0.293 e. The molecule has 6 heteroatoms. The molecule has 0 radical (unpaired) electrons. The van der Waals surface area contributed by atoms with Crippen molar-refractivity contribution in [3.8, 4) is 0 Å². The Morgan fingerprint density at radius 3 is 2.82 bits per heavy atom. The summed E-state index contributed by atoms with van der Waals surface area (Å²) in [6.45, 7) is 6.65. The Kier molecular flexibility index (Phi) is 5.60. The van der Waals surface area contributed by atoms with E-state index in [4.69, 9.17) is 0 Å². The summed E-state index contributed by atoms with van der Waals surface area (Å²) >= 11 is 1.31. The number of rotatable bonds is 7. The van der Waals surface area contributed by atoms with E-state index in [1.54, 1.807) is 4.57 Å². The number of aromatic nitrogens is 3. The van der Waals surface area contributed by atoms with Crippen LogP contribution in [0.5, 0.6) is 0 Å². The molecule has 0 unspecified atom stereocenters. The number of thioether (sulfide) groups is 1. The van der Waals surface area contributed by atoms with Gasteiger partial charge in [-0.25, -0.2) is 9.89 Å². The van der Waals surface area contributed by atoms with Crippen LogP contribution < -0.4 is 5.69 Å². The number of nitrogens with zero attached hydrogens (tertiary/aromatic N) is 2. The molecule has 2 aromatic rings. The Bertz CT molecular complexity index is 718. The number of ketones is 1. The molecule has 0 aliphatic rings. The SMILES string of the molecule is CCCCn1c(SCC(=O)c2ccc(C)cc2C)n[nH]c1=O. The number of hydrogen-bond donors (Lipinski definition) is 1. The molecule has 0 bridgehead atoms. The van der Waals surface area contributed by atoms with Gasteiger partial charge >= 0.3 is 5.69 Å². The minimum Gasteiger partial charge on any atom is -0.293 e. The summed E-state index contributed by atoms with van der Waals surface area (Å²) in [6, 6.07) is 5.81. The molecule has 1 aromatic heterocycles. The second kappa shape index (κ2) is 7.45. The third-order valence-corrected chi connectivity index (χ3v) is 4.45. The van der Waals surface area contributed by atoms with Crippen LogP contribution in [0.4, 0.5) is 0 Å². The molecule has 1 heterocycles. The quantitative estimate of drug-likeness (QED) is 0.629. The fourth-order valence-electron chi connectivity index (χ4n) is 2.26. The van der Waals surface area contributed by atoms with Crippen molar-refractivity contribution in [3.05, 3.63) is 45.4 Å². The number of nitrogens with one attached hydrogen (secondary N) is 1. The van der Waals surface area contributed by atoms with Gasteiger partial charge in [0.05, 0.1) is 5.75 Å². The predicted molar refractivity (Wildman–Crippen MR) is 88.7 cm³/mol. The lowest BCUT2D eigenvalue weighted by Crippen LogP contribution is -2.18. The molecule has 22 heavy (non-hydrogen) atoms. The number of unbranched alkanes of at least 4 members (excludes halogenated alkanes) is 1. The molecular formula is C16H21N3O2S. The van der Waals surface area contributed by atoms with E-state index in [1.807, 2.05) is 32.0 Å². The number of hydrogen-bond acceptors (Lipinski definition) is 4. The summed E-state index contributed by atoms with van der Waals surface area (Å²) in [5.41, 5.74) is 2.64. The van der Waals surface area contributed by atoms with Crippen molar-refractivity contribution in [2.24, 2.45) is 0 Å². The third-order valence-electron chi connectivity index (χ3n) is 3.47. The summed E-state index contributed by atoms with van der Waals surface area (Å²) in [4.78, 5) is 24.0. The van der Waals surface area contributed by atoms with E-state index in [2.05, 4.69) is 17.1 Å². The van der Waals surface area contributed by atoms with E-state index < -0.39 is 0 Å². The van der Waals surface area contributed by atoms with Gasteiger partial charge in [-0.3, -0.25) is 9.36 Å². The Balaban J connectivity index is 2.06. The van der Waals surface area contributed by atoms with Gasteiger partial charge in [0.15, 0.2) is 10.9 Å². The maximum Gasteiger partial charge on any atom is 0.343 e. The zero-order valence-electron chi connectivity index (χ0n) is 13.2. The van der Waals surface area contributed by atoms with Crippen LogP contribution in [0.3, 0.4) is 0 Å². The molecule has 5 nitrogen and oxygen atoms in total. The van der Waals surface area contributed by atoms with Crippen molar-refractivity contribution >= 4 is 17.5 Å². The van der Waals surface area contributed by atoms with Crippen LogP contribution >= 0.6 is 11.8 Å². The largest absolute Gasteiger partial charge is 0.343 e. The van der Waals surface area contributed by atoms with E-state index in [9.17, 15) is 9.59 Å². The Morgan fingerprint density at radius 1 is 1.36 bits per heavy atom. The number of aromatic amines is 1. The molecule has 118 valence electrons. The zero-order valence-corrected chi connectivity index (χ0v) is 14.0. The van der Waals surface area contributed by atoms with E-state index in [0.29, 0.717) is 11.7 Å². The minimum atomic E-state index is -0.213. The first-order valence-electron chi connectivity index (χ1n) is 7.41. The highest BCUT2D eigenvalue weighted by Gasteiger charge is 2.13. The van der Waals surface area contributed by atoms with E-state index >= 15 is 0 Å². The molecule has 1 N–H and O–H groups in total. The van der Waals surface area contributed by atoms with Gasteiger partial charge in [0.1, 0.15) is 0 Å². The Labute approximate surface area is 134 Å². The average molecular weight is 319 g/mol. The zero-order chi connectivity index (χ0) is 16.1. The number of Topliss-reactive ketones (excluding diaryl/α,β-unsaturated/α-hetero) is 1. The lowest BCUT2D eigenvalue weighted by atomic mass is 10.0. The van der Waals surface area contributed by atoms with Gasteiger partial charge in [-0.2, -0.15) is 0 Å². The van der Waals surface area contributed by atoms with Gasteiger partial charge in [0.25, 0.3) is 0 Å². The second-order valence-corrected chi connectivity index (χ2v) is 6.29. The van der Waals surface area contributed by atoms with Gasteiger partial charge in [0.2, 0.25) is 0 Å². The molecule has 0 amide bonds. The third kappa shape index (κ3) is 3.88. The average Bonchev–Trinajstić information content (AvgIpc) is 2.83. The van der Waals surface area contributed by atoms with E-state index in [-0.39, 0.29) is 17.2 Å². The monoisotopic (exact) mass is 319 g/mol. The van der Waals surface area contributed by atoms with Crippen LogP contribution in [0.25, 0.3) is 0 Å². The van der Waals surface area contributed by atoms with Gasteiger partial charge < -0.3 is 0 Å². The maximum absolute atomic E-state index is 12.3. The molecule has 2 rings (SSSR count). The molecule has 0 spiro atoms. The van der Waals surface area contributed by atoms with Crippen molar-refractivity contribution < 1.29 is 4.79 Å². The number of aryl methyl sites for hydroxylation is 2. The van der Waals surface area contributed by atoms with Crippen molar-refractivity contribution in [2.75, 3.05) is 5.75 Å². The highest BCUT2D eigenvalue weighted by molar-refractivity contribution is 7.99.